The van der Waals surface area contributed by atoms with E-state index >= 15 is 0 Å². The minimum absolute atomic E-state index is 0.0598. The van der Waals surface area contributed by atoms with Crippen LogP contribution in [0, 0.1) is 11.6 Å². The highest BCUT2D eigenvalue weighted by Crippen LogP contribution is 2.27. The number of benzene rings is 2. The molecule has 8 heteroatoms. The summed E-state index contributed by atoms with van der Waals surface area (Å²) in [5, 5.41) is 5.03. The van der Waals surface area contributed by atoms with E-state index in [2.05, 4.69) is 10.3 Å². The number of thiazole rings is 1. The van der Waals surface area contributed by atoms with Crippen LogP contribution in [0.3, 0.4) is 0 Å². The van der Waals surface area contributed by atoms with Gasteiger partial charge < -0.3 is 5.32 Å². The first-order valence-electron chi connectivity index (χ1n) is 8.02. The van der Waals surface area contributed by atoms with E-state index in [1.165, 1.54) is 17.4 Å². The first kappa shape index (κ1) is 19.8. The summed E-state index contributed by atoms with van der Waals surface area (Å²) in [6.45, 7) is -0.197. The zero-order valence-corrected chi connectivity index (χ0v) is 16.4. The second-order valence-corrected chi connectivity index (χ2v) is 8.19. The Balaban J connectivity index is 1.50. The van der Waals surface area contributed by atoms with Crippen molar-refractivity contribution in [3.63, 3.8) is 0 Å². The highest BCUT2D eigenvalue weighted by Gasteiger charge is 2.12. The summed E-state index contributed by atoms with van der Waals surface area (Å²) in [6.07, 6.45) is 0.0598. The number of aromatic nitrogens is 1. The number of hydrogen-bond donors (Lipinski definition) is 1. The van der Waals surface area contributed by atoms with Gasteiger partial charge in [0, 0.05) is 28.3 Å². The van der Waals surface area contributed by atoms with Gasteiger partial charge in [-0.05, 0) is 29.8 Å². The third-order valence-corrected chi connectivity index (χ3v) is 6.02. The van der Waals surface area contributed by atoms with Crippen molar-refractivity contribution in [2.75, 3.05) is 0 Å². The first-order valence-corrected chi connectivity index (χ1v) is 10.3. The summed E-state index contributed by atoms with van der Waals surface area (Å²) >= 11 is 8.98. The van der Waals surface area contributed by atoms with E-state index in [1.807, 2.05) is 29.6 Å². The van der Waals surface area contributed by atoms with Crippen LogP contribution in [0.4, 0.5) is 8.78 Å². The van der Waals surface area contributed by atoms with Gasteiger partial charge in [-0.1, -0.05) is 41.6 Å². The van der Waals surface area contributed by atoms with Crippen LogP contribution in [0.15, 0.2) is 52.2 Å². The lowest BCUT2D eigenvalue weighted by Crippen LogP contribution is -2.25. The second-order valence-electron chi connectivity index (χ2n) is 5.68. The highest BCUT2D eigenvalue weighted by atomic mass is 35.5. The van der Waals surface area contributed by atoms with Crippen LogP contribution in [-0.2, 0) is 23.5 Å². The Bertz CT molecular complexity index is 929. The fourth-order valence-electron chi connectivity index (χ4n) is 2.32. The fourth-order valence-corrected chi connectivity index (χ4v) is 4.32. The monoisotopic (exact) mass is 424 g/mol. The van der Waals surface area contributed by atoms with E-state index in [-0.39, 0.29) is 24.4 Å². The molecule has 1 aromatic heterocycles. The van der Waals surface area contributed by atoms with Crippen molar-refractivity contribution >= 4 is 40.6 Å². The van der Waals surface area contributed by atoms with Crippen molar-refractivity contribution in [2.24, 2.45) is 0 Å². The molecule has 0 aliphatic carbocycles. The molecule has 1 N–H and O–H groups in total. The van der Waals surface area contributed by atoms with Gasteiger partial charge in [-0.3, -0.25) is 4.79 Å². The van der Waals surface area contributed by atoms with E-state index in [1.54, 1.807) is 11.8 Å². The molecule has 1 amide bonds. The molecule has 1 heterocycles. The minimum atomic E-state index is -0.677. The standard InChI is InChI=1S/C19H15ClF2N2OS2/c20-13-4-1-3-12(7-13)10-26-19-24-14(11-27-19)8-18(25)23-9-15-16(21)5-2-6-17(15)22/h1-7,11H,8-10H2,(H,23,25). The Morgan fingerprint density at radius 2 is 1.93 bits per heavy atom. The summed E-state index contributed by atoms with van der Waals surface area (Å²) in [5.41, 5.74) is 1.57. The maximum absolute atomic E-state index is 13.6. The molecule has 0 saturated carbocycles. The van der Waals surface area contributed by atoms with Crippen LogP contribution in [0.2, 0.25) is 5.02 Å². The van der Waals surface area contributed by atoms with Crippen molar-refractivity contribution < 1.29 is 13.6 Å². The fraction of sp³-hybridized carbons (Fsp3) is 0.158. The van der Waals surface area contributed by atoms with Crippen molar-refractivity contribution in [2.45, 2.75) is 23.1 Å². The number of thioether (sulfide) groups is 1. The predicted octanol–water partition coefficient (Wildman–Crippen LogP) is 5.23. The molecular formula is C19H15ClF2N2OS2. The van der Waals surface area contributed by atoms with Crippen LogP contribution < -0.4 is 5.32 Å². The van der Waals surface area contributed by atoms with Gasteiger partial charge in [0.05, 0.1) is 12.1 Å². The molecule has 0 spiro atoms. The van der Waals surface area contributed by atoms with E-state index < -0.39 is 11.6 Å². The molecular weight excluding hydrogens is 410 g/mol. The SMILES string of the molecule is O=C(Cc1csc(SCc2cccc(Cl)c2)n1)NCc1c(F)cccc1F. The van der Waals surface area contributed by atoms with Gasteiger partial charge in [-0.15, -0.1) is 11.3 Å². The highest BCUT2D eigenvalue weighted by molar-refractivity contribution is 8.00. The van der Waals surface area contributed by atoms with Crippen molar-refractivity contribution in [3.8, 4) is 0 Å². The molecule has 3 aromatic rings. The summed E-state index contributed by atoms with van der Waals surface area (Å²) in [4.78, 5) is 16.4. The van der Waals surface area contributed by atoms with E-state index in [0.717, 1.165) is 27.8 Å². The van der Waals surface area contributed by atoms with Gasteiger partial charge in [-0.2, -0.15) is 0 Å². The van der Waals surface area contributed by atoms with Gasteiger partial charge >= 0.3 is 0 Å². The molecule has 140 valence electrons. The summed E-state index contributed by atoms with van der Waals surface area (Å²) in [7, 11) is 0. The number of halogens is 3. The van der Waals surface area contributed by atoms with Crippen molar-refractivity contribution in [1.29, 1.82) is 0 Å². The Morgan fingerprint density at radius 3 is 2.67 bits per heavy atom. The number of nitrogens with one attached hydrogen (secondary N) is 1. The molecule has 0 aliphatic rings. The second kappa shape index (κ2) is 9.30. The molecule has 27 heavy (non-hydrogen) atoms. The Morgan fingerprint density at radius 1 is 1.19 bits per heavy atom. The third kappa shape index (κ3) is 5.76. The molecule has 2 aromatic carbocycles. The van der Waals surface area contributed by atoms with Gasteiger partial charge in [0.2, 0.25) is 5.91 Å². The molecule has 0 fully saturated rings. The van der Waals surface area contributed by atoms with E-state index in [0.29, 0.717) is 10.7 Å². The summed E-state index contributed by atoms with van der Waals surface area (Å²) in [5.74, 6) is -0.964. The minimum Gasteiger partial charge on any atom is -0.351 e. The Hall–Kier alpha value is -1.96. The van der Waals surface area contributed by atoms with Crippen molar-refractivity contribution in [1.82, 2.24) is 10.3 Å². The molecule has 0 unspecified atom stereocenters. The topological polar surface area (TPSA) is 42.0 Å². The Kier molecular flexibility index (Phi) is 6.82. The number of rotatable bonds is 7. The lowest BCUT2D eigenvalue weighted by Gasteiger charge is -2.06. The van der Waals surface area contributed by atoms with Crippen LogP contribution in [0.1, 0.15) is 16.8 Å². The predicted molar refractivity (Wildman–Crippen MR) is 105 cm³/mol. The summed E-state index contributed by atoms with van der Waals surface area (Å²) in [6, 6.07) is 11.2. The Labute approximate surface area is 168 Å². The molecule has 0 atom stereocenters. The van der Waals surface area contributed by atoms with Crippen LogP contribution in [-0.4, -0.2) is 10.9 Å². The van der Waals surface area contributed by atoms with E-state index in [9.17, 15) is 13.6 Å². The molecule has 0 radical (unpaired) electrons. The zero-order chi connectivity index (χ0) is 19.2. The van der Waals surface area contributed by atoms with Crippen molar-refractivity contribution in [3.05, 3.63) is 81.3 Å². The van der Waals surface area contributed by atoms with Gasteiger partial charge in [0.15, 0.2) is 0 Å². The van der Waals surface area contributed by atoms with Crippen LogP contribution in [0.25, 0.3) is 0 Å². The molecule has 0 bridgehead atoms. The van der Waals surface area contributed by atoms with Gasteiger partial charge in [0.1, 0.15) is 16.0 Å². The third-order valence-electron chi connectivity index (χ3n) is 3.65. The molecule has 0 saturated heterocycles. The van der Waals surface area contributed by atoms with E-state index in [4.69, 9.17) is 11.6 Å². The largest absolute Gasteiger partial charge is 0.351 e. The lowest BCUT2D eigenvalue weighted by atomic mass is 10.2. The quantitative estimate of drug-likeness (QED) is 0.528. The smallest absolute Gasteiger partial charge is 0.226 e. The summed E-state index contributed by atoms with van der Waals surface area (Å²) < 4.78 is 28.0. The normalized spacial score (nSPS) is 10.8. The maximum Gasteiger partial charge on any atom is 0.226 e. The van der Waals surface area contributed by atoms with Crippen LogP contribution >= 0.6 is 34.7 Å². The number of nitrogens with zero attached hydrogens (tertiary/aromatic N) is 1. The number of carbonyl (C=O) groups is 1. The van der Waals surface area contributed by atoms with Crippen LogP contribution in [0.5, 0.6) is 0 Å². The molecule has 3 nitrogen and oxygen atoms in total. The average molecular weight is 425 g/mol. The number of carbonyl (C=O) groups excluding carboxylic acids is 1. The van der Waals surface area contributed by atoms with Gasteiger partial charge in [-0.25, -0.2) is 13.8 Å². The van der Waals surface area contributed by atoms with Gasteiger partial charge in [0.25, 0.3) is 0 Å². The lowest BCUT2D eigenvalue weighted by molar-refractivity contribution is -0.120. The first-order chi connectivity index (χ1) is 13.0. The average Bonchev–Trinajstić information content (AvgIpc) is 3.07. The zero-order valence-electron chi connectivity index (χ0n) is 14.0. The molecule has 0 aliphatic heterocycles. The number of hydrogen-bond acceptors (Lipinski definition) is 4. The number of amides is 1. The molecule has 3 rings (SSSR count). The maximum atomic E-state index is 13.6.